The van der Waals surface area contributed by atoms with E-state index in [0.29, 0.717) is 33.0 Å². The Balaban J connectivity index is 1.87. The molecular formula is C12H23NO4. The van der Waals surface area contributed by atoms with E-state index in [1.165, 1.54) is 0 Å². The van der Waals surface area contributed by atoms with Gasteiger partial charge in [-0.1, -0.05) is 0 Å². The van der Waals surface area contributed by atoms with Gasteiger partial charge in [-0.05, 0) is 27.5 Å². The molecule has 0 spiro atoms. The topological polar surface area (TPSA) is 52.6 Å². The van der Waals surface area contributed by atoms with Gasteiger partial charge in [0.05, 0.1) is 38.6 Å². The number of aliphatic imine (C=N–C) groups is 1. The lowest BCUT2D eigenvalue weighted by Gasteiger charge is -2.17. The third kappa shape index (κ3) is 7.44. The van der Waals surface area contributed by atoms with Crippen molar-refractivity contribution in [2.24, 2.45) is 4.99 Å². The second-order valence-corrected chi connectivity index (χ2v) is 4.91. The minimum Gasteiger partial charge on any atom is -0.377 e. The number of nitrogens with zero attached hydrogens (tertiary/aromatic N) is 1. The Kier molecular flexibility index (Phi) is 6.05. The molecule has 0 aliphatic carbocycles. The highest BCUT2D eigenvalue weighted by Crippen LogP contribution is 2.28. The summed E-state index contributed by atoms with van der Waals surface area (Å²) in [5.41, 5.74) is -0.166. The van der Waals surface area contributed by atoms with Crippen LogP contribution < -0.4 is 0 Å². The first-order valence-corrected chi connectivity index (χ1v) is 5.94. The molecule has 1 saturated heterocycles. The van der Waals surface area contributed by atoms with Crippen LogP contribution in [0.1, 0.15) is 20.8 Å². The largest absolute Gasteiger partial charge is 0.377 e. The van der Waals surface area contributed by atoms with Crippen LogP contribution in [0.5, 0.6) is 0 Å². The summed E-state index contributed by atoms with van der Waals surface area (Å²) in [6, 6.07) is 0. The van der Waals surface area contributed by atoms with Crippen LogP contribution in [0.4, 0.5) is 0 Å². The fourth-order valence-electron chi connectivity index (χ4n) is 1.25. The smallest absolute Gasteiger partial charge is 0.187 e. The first kappa shape index (κ1) is 14.6. The first-order valence-electron chi connectivity index (χ1n) is 5.94. The second kappa shape index (κ2) is 7.06. The fraction of sp³-hybridized carbons (Fsp3) is 0.917. The molecule has 0 saturated carbocycles. The monoisotopic (exact) mass is 245 g/mol. The molecule has 0 amide bonds. The maximum absolute atomic E-state index is 5.62. The van der Waals surface area contributed by atoms with E-state index in [2.05, 4.69) is 11.7 Å². The molecule has 17 heavy (non-hydrogen) atoms. The van der Waals surface area contributed by atoms with Gasteiger partial charge in [0, 0.05) is 0 Å². The van der Waals surface area contributed by atoms with Crippen molar-refractivity contribution < 1.29 is 18.9 Å². The molecule has 1 aliphatic rings. The summed E-state index contributed by atoms with van der Waals surface area (Å²) < 4.78 is 21.6. The molecule has 5 heteroatoms. The molecule has 5 nitrogen and oxygen atoms in total. The third-order valence-corrected chi connectivity index (χ3v) is 2.05. The summed E-state index contributed by atoms with van der Waals surface area (Å²) in [6.45, 7) is 12.3. The maximum Gasteiger partial charge on any atom is 0.187 e. The van der Waals surface area contributed by atoms with Crippen LogP contribution >= 0.6 is 0 Å². The highest BCUT2D eigenvalue weighted by Gasteiger charge is 2.42. The molecular weight excluding hydrogens is 222 g/mol. The van der Waals surface area contributed by atoms with E-state index in [4.69, 9.17) is 18.9 Å². The van der Waals surface area contributed by atoms with E-state index in [1.807, 2.05) is 20.8 Å². The standard InChI is InChI=1S/C12H23NO4/c1-12(2,3)17-11-10(16-11)9-15-8-7-14-6-5-13-4/h10-11H,4-9H2,1-3H3. The summed E-state index contributed by atoms with van der Waals surface area (Å²) in [7, 11) is 0. The zero-order valence-electron chi connectivity index (χ0n) is 11.0. The highest BCUT2D eigenvalue weighted by molar-refractivity contribution is 5.22. The lowest BCUT2D eigenvalue weighted by atomic mass is 10.2. The van der Waals surface area contributed by atoms with Crippen molar-refractivity contribution in [3.63, 3.8) is 0 Å². The Morgan fingerprint density at radius 3 is 2.53 bits per heavy atom. The number of ether oxygens (including phenoxy) is 4. The summed E-state index contributed by atoms with van der Waals surface area (Å²) in [5.74, 6) is 0. The minimum atomic E-state index is -0.166. The predicted molar refractivity (Wildman–Crippen MR) is 65.6 cm³/mol. The van der Waals surface area contributed by atoms with E-state index in [9.17, 15) is 0 Å². The fourth-order valence-corrected chi connectivity index (χ4v) is 1.25. The maximum atomic E-state index is 5.62. The Bertz CT molecular complexity index is 227. The molecule has 2 atom stereocenters. The normalized spacial score (nSPS) is 23.7. The van der Waals surface area contributed by atoms with Crippen LogP contribution in [-0.4, -0.2) is 57.7 Å². The number of hydrogen-bond donors (Lipinski definition) is 0. The van der Waals surface area contributed by atoms with Crippen LogP contribution in [-0.2, 0) is 18.9 Å². The summed E-state index contributed by atoms with van der Waals surface area (Å²) in [6.07, 6.45) is -0.0371. The van der Waals surface area contributed by atoms with E-state index >= 15 is 0 Å². The van der Waals surface area contributed by atoms with Crippen molar-refractivity contribution in [3.05, 3.63) is 0 Å². The Labute approximate surface area is 103 Å². The van der Waals surface area contributed by atoms with Crippen LogP contribution in [0, 0.1) is 0 Å². The predicted octanol–water partition coefficient (Wildman–Crippen LogP) is 1.26. The van der Waals surface area contributed by atoms with Crippen molar-refractivity contribution in [2.45, 2.75) is 38.8 Å². The molecule has 1 heterocycles. The molecule has 100 valence electrons. The van der Waals surface area contributed by atoms with Gasteiger partial charge in [-0.25, -0.2) is 0 Å². The van der Waals surface area contributed by atoms with Crippen molar-refractivity contribution >= 4 is 6.72 Å². The van der Waals surface area contributed by atoms with E-state index in [1.54, 1.807) is 0 Å². The molecule has 0 aromatic carbocycles. The second-order valence-electron chi connectivity index (χ2n) is 4.91. The number of hydrogen-bond acceptors (Lipinski definition) is 5. The Morgan fingerprint density at radius 1 is 1.18 bits per heavy atom. The van der Waals surface area contributed by atoms with Gasteiger partial charge in [-0.3, -0.25) is 4.99 Å². The van der Waals surface area contributed by atoms with Crippen LogP contribution in [0.25, 0.3) is 0 Å². The van der Waals surface area contributed by atoms with E-state index in [-0.39, 0.29) is 18.0 Å². The molecule has 0 aromatic heterocycles. The molecule has 2 unspecified atom stereocenters. The van der Waals surface area contributed by atoms with Crippen molar-refractivity contribution in [1.82, 2.24) is 0 Å². The molecule has 1 rings (SSSR count). The van der Waals surface area contributed by atoms with E-state index < -0.39 is 0 Å². The van der Waals surface area contributed by atoms with Gasteiger partial charge in [0.15, 0.2) is 6.29 Å². The van der Waals surface area contributed by atoms with Crippen molar-refractivity contribution in [3.8, 4) is 0 Å². The highest BCUT2D eigenvalue weighted by atomic mass is 16.8. The lowest BCUT2D eigenvalue weighted by Crippen LogP contribution is -2.23. The molecule has 1 aliphatic heterocycles. The van der Waals surface area contributed by atoms with Gasteiger partial charge in [-0.2, -0.15) is 0 Å². The van der Waals surface area contributed by atoms with Gasteiger partial charge in [0.25, 0.3) is 0 Å². The van der Waals surface area contributed by atoms with Crippen LogP contribution in [0.15, 0.2) is 4.99 Å². The van der Waals surface area contributed by atoms with Gasteiger partial charge in [0.2, 0.25) is 0 Å². The summed E-state index contributed by atoms with van der Waals surface area (Å²) in [5, 5.41) is 0. The zero-order chi connectivity index (χ0) is 12.7. The number of rotatable bonds is 9. The number of epoxide rings is 1. The lowest BCUT2D eigenvalue weighted by molar-refractivity contribution is -0.0573. The first-order chi connectivity index (χ1) is 8.03. The Morgan fingerprint density at radius 2 is 1.88 bits per heavy atom. The molecule has 0 bridgehead atoms. The average Bonchev–Trinajstić information content (AvgIpc) is 2.92. The van der Waals surface area contributed by atoms with Gasteiger partial charge in [0.1, 0.15) is 6.10 Å². The molecule has 0 aromatic rings. The van der Waals surface area contributed by atoms with Crippen LogP contribution in [0.2, 0.25) is 0 Å². The minimum absolute atomic E-state index is 0.0732. The third-order valence-electron chi connectivity index (χ3n) is 2.05. The quantitative estimate of drug-likeness (QED) is 0.348. The average molecular weight is 245 g/mol. The molecule has 1 fully saturated rings. The van der Waals surface area contributed by atoms with Crippen molar-refractivity contribution in [2.75, 3.05) is 33.0 Å². The zero-order valence-corrected chi connectivity index (χ0v) is 11.0. The van der Waals surface area contributed by atoms with Gasteiger partial charge in [-0.15, -0.1) is 0 Å². The van der Waals surface area contributed by atoms with Crippen molar-refractivity contribution in [1.29, 1.82) is 0 Å². The van der Waals surface area contributed by atoms with Gasteiger partial charge >= 0.3 is 0 Å². The van der Waals surface area contributed by atoms with E-state index in [0.717, 1.165) is 0 Å². The SMILES string of the molecule is C=NCCOCCOCC1OC1OC(C)(C)C. The Hall–Kier alpha value is -0.490. The summed E-state index contributed by atoms with van der Waals surface area (Å²) >= 11 is 0. The molecule has 0 radical (unpaired) electrons. The van der Waals surface area contributed by atoms with Gasteiger partial charge < -0.3 is 18.9 Å². The molecule has 0 N–H and O–H groups in total. The van der Waals surface area contributed by atoms with Crippen LogP contribution in [0.3, 0.4) is 0 Å². The summed E-state index contributed by atoms with van der Waals surface area (Å²) in [4.78, 5) is 3.68.